The lowest BCUT2D eigenvalue weighted by molar-refractivity contribution is 0.107. The van der Waals surface area contributed by atoms with Crippen molar-refractivity contribution in [1.29, 1.82) is 0 Å². The van der Waals surface area contributed by atoms with Gasteiger partial charge in [-0.15, -0.1) is 0 Å². The molecule has 24 heavy (non-hydrogen) atoms. The van der Waals surface area contributed by atoms with Gasteiger partial charge in [0.25, 0.3) is 0 Å². The van der Waals surface area contributed by atoms with Gasteiger partial charge in [0.15, 0.2) is 0 Å². The highest BCUT2D eigenvalue weighted by Crippen LogP contribution is 2.65. The number of nitrogens with one attached hydrogen (secondary N) is 1. The standard InChI is InChI=1S/C18H32N4O2/c1-17(2)13-6-7-18(17,3)14(12-13)19-15(23)21-8-10-22(11-9-21)16(24)20(4)5/h13-14H,6-12H2,1-5H3,(H,19,23). The van der Waals surface area contributed by atoms with Gasteiger partial charge in [0.1, 0.15) is 0 Å². The van der Waals surface area contributed by atoms with E-state index in [0.29, 0.717) is 31.6 Å². The molecule has 3 rings (SSSR count). The minimum Gasteiger partial charge on any atom is -0.335 e. The molecule has 3 unspecified atom stereocenters. The maximum absolute atomic E-state index is 12.7. The fraction of sp³-hybridized carbons (Fsp3) is 0.889. The molecule has 1 saturated heterocycles. The van der Waals surface area contributed by atoms with Crippen molar-refractivity contribution in [3.63, 3.8) is 0 Å². The number of nitrogens with zero attached hydrogens (tertiary/aromatic N) is 3. The highest BCUT2D eigenvalue weighted by atomic mass is 16.2. The van der Waals surface area contributed by atoms with Crippen LogP contribution in [0.3, 0.4) is 0 Å². The van der Waals surface area contributed by atoms with Crippen molar-refractivity contribution in [2.45, 2.75) is 46.1 Å². The van der Waals surface area contributed by atoms with Crippen LogP contribution >= 0.6 is 0 Å². The molecule has 2 aliphatic carbocycles. The molecule has 1 aliphatic heterocycles. The number of rotatable bonds is 1. The molecular weight excluding hydrogens is 304 g/mol. The van der Waals surface area contributed by atoms with E-state index in [-0.39, 0.29) is 23.5 Å². The summed E-state index contributed by atoms with van der Waals surface area (Å²) < 4.78 is 0. The van der Waals surface area contributed by atoms with Crippen molar-refractivity contribution in [2.75, 3.05) is 40.3 Å². The molecule has 0 spiro atoms. The highest BCUT2D eigenvalue weighted by Gasteiger charge is 2.61. The van der Waals surface area contributed by atoms with E-state index in [1.54, 1.807) is 19.0 Å². The van der Waals surface area contributed by atoms with Crippen molar-refractivity contribution < 1.29 is 9.59 Å². The number of fused-ring (bicyclic) bond motifs is 2. The Kier molecular flexibility index (Phi) is 4.21. The van der Waals surface area contributed by atoms with Gasteiger partial charge in [0, 0.05) is 46.3 Å². The average molecular weight is 336 g/mol. The summed E-state index contributed by atoms with van der Waals surface area (Å²) >= 11 is 0. The third-order valence-electron chi connectivity index (χ3n) is 7.31. The maximum atomic E-state index is 12.7. The zero-order valence-corrected chi connectivity index (χ0v) is 15.8. The summed E-state index contributed by atoms with van der Waals surface area (Å²) in [6.07, 6.45) is 3.61. The predicted octanol–water partition coefficient (Wildman–Crippen LogP) is 2.21. The quantitative estimate of drug-likeness (QED) is 0.798. The number of urea groups is 2. The molecule has 0 aromatic rings. The fourth-order valence-corrected chi connectivity index (χ4v) is 5.05. The normalized spacial score (nSPS) is 34.4. The van der Waals surface area contributed by atoms with Gasteiger partial charge >= 0.3 is 12.1 Å². The van der Waals surface area contributed by atoms with Gasteiger partial charge in [-0.1, -0.05) is 20.8 Å². The van der Waals surface area contributed by atoms with Gasteiger partial charge in [0.2, 0.25) is 0 Å². The van der Waals surface area contributed by atoms with Crippen LogP contribution in [-0.4, -0.2) is 73.1 Å². The molecule has 136 valence electrons. The third-order valence-corrected chi connectivity index (χ3v) is 7.31. The summed E-state index contributed by atoms with van der Waals surface area (Å²) in [5, 5.41) is 3.32. The van der Waals surface area contributed by atoms with Crippen molar-refractivity contribution in [3.8, 4) is 0 Å². The minimum absolute atomic E-state index is 0.0254. The average Bonchev–Trinajstić information content (AvgIpc) is 2.87. The number of hydrogen-bond donors (Lipinski definition) is 1. The first kappa shape index (κ1) is 17.4. The van der Waals surface area contributed by atoms with Crippen molar-refractivity contribution in [2.24, 2.45) is 16.7 Å². The Morgan fingerprint density at radius 1 is 1.04 bits per heavy atom. The van der Waals surface area contributed by atoms with E-state index in [1.165, 1.54) is 12.8 Å². The Balaban J connectivity index is 1.55. The van der Waals surface area contributed by atoms with Gasteiger partial charge < -0.3 is 20.0 Å². The number of carbonyl (C=O) groups excluding carboxylic acids is 2. The van der Waals surface area contributed by atoms with Crippen LogP contribution in [0.1, 0.15) is 40.0 Å². The smallest absolute Gasteiger partial charge is 0.319 e. The second kappa shape index (κ2) is 5.81. The molecule has 2 saturated carbocycles. The zero-order chi connectivity index (χ0) is 17.7. The lowest BCUT2D eigenvalue weighted by Crippen LogP contribution is -2.57. The molecule has 3 fully saturated rings. The number of hydrogen-bond acceptors (Lipinski definition) is 2. The van der Waals surface area contributed by atoms with E-state index < -0.39 is 0 Å². The van der Waals surface area contributed by atoms with Crippen molar-refractivity contribution >= 4 is 12.1 Å². The molecule has 6 nitrogen and oxygen atoms in total. The summed E-state index contributed by atoms with van der Waals surface area (Å²) in [6.45, 7) is 9.52. The summed E-state index contributed by atoms with van der Waals surface area (Å²) in [4.78, 5) is 29.9. The first-order valence-electron chi connectivity index (χ1n) is 9.18. The first-order valence-corrected chi connectivity index (χ1v) is 9.18. The molecule has 6 heteroatoms. The van der Waals surface area contributed by atoms with E-state index in [4.69, 9.17) is 0 Å². The van der Waals surface area contributed by atoms with E-state index in [9.17, 15) is 9.59 Å². The molecule has 1 heterocycles. The van der Waals surface area contributed by atoms with Crippen LogP contribution in [-0.2, 0) is 0 Å². The summed E-state index contributed by atoms with van der Waals surface area (Å²) in [7, 11) is 3.53. The lowest BCUT2D eigenvalue weighted by Gasteiger charge is -2.41. The van der Waals surface area contributed by atoms with Gasteiger partial charge in [-0.3, -0.25) is 0 Å². The molecule has 0 aromatic carbocycles. The number of piperazine rings is 1. The van der Waals surface area contributed by atoms with Gasteiger partial charge in [-0.2, -0.15) is 0 Å². The first-order chi connectivity index (χ1) is 11.2. The van der Waals surface area contributed by atoms with E-state index in [2.05, 4.69) is 26.1 Å². The van der Waals surface area contributed by atoms with E-state index in [0.717, 1.165) is 12.3 Å². The van der Waals surface area contributed by atoms with Crippen LogP contribution in [0.15, 0.2) is 0 Å². The topological polar surface area (TPSA) is 55.9 Å². The van der Waals surface area contributed by atoms with Crippen LogP contribution in [0.2, 0.25) is 0 Å². The number of carbonyl (C=O) groups is 2. The highest BCUT2D eigenvalue weighted by molar-refractivity contribution is 5.76. The molecule has 0 aromatic heterocycles. The van der Waals surface area contributed by atoms with Gasteiger partial charge in [-0.05, 0) is 36.0 Å². The fourth-order valence-electron chi connectivity index (χ4n) is 5.05. The maximum Gasteiger partial charge on any atom is 0.319 e. The van der Waals surface area contributed by atoms with E-state index >= 15 is 0 Å². The Bertz CT molecular complexity index is 525. The molecule has 0 radical (unpaired) electrons. The van der Waals surface area contributed by atoms with Gasteiger partial charge in [0.05, 0.1) is 0 Å². The largest absolute Gasteiger partial charge is 0.335 e. The second-order valence-corrected chi connectivity index (χ2v) is 8.76. The number of amides is 4. The summed E-state index contributed by atoms with van der Waals surface area (Å²) in [5.74, 6) is 0.724. The Labute approximate surface area is 145 Å². The molecule has 3 aliphatic rings. The monoisotopic (exact) mass is 336 g/mol. The van der Waals surface area contributed by atoms with Crippen LogP contribution in [0.5, 0.6) is 0 Å². The molecule has 2 bridgehead atoms. The summed E-state index contributed by atoms with van der Waals surface area (Å²) in [6, 6.07) is 0.346. The summed E-state index contributed by atoms with van der Waals surface area (Å²) in [5.41, 5.74) is 0.512. The molecule has 3 atom stereocenters. The van der Waals surface area contributed by atoms with E-state index in [1.807, 2.05) is 9.80 Å². The molecule has 4 amide bonds. The molecular formula is C18H32N4O2. The Morgan fingerprint density at radius 2 is 1.62 bits per heavy atom. The van der Waals surface area contributed by atoms with Crippen LogP contribution < -0.4 is 5.32 Å². The minimum atomic E-state index is 0.0254. The third kappa shape index (κ3) is 2.54. The predicted molar refractivity (Wildman–Crippen MR) is 93.8 cm³/mol. The van der Waals surface area contributed by atoms with Crippen molar-refractivity contribution in [1.82, 2.24) is 20.0 Å². The van der Waals surface area contributed by atoms with Crippen molar-refractivity contribution in [3.05, 3.63) is 0 Å². The Hall–Kier alpha value is -1.46. The Morgan fingerprint density at radius 3 is 2.08 bits per heavy atom. The van der Waals surface area contributed by atoms with Crippen LogP contribution in [0.25, 0.3) is 0 Å². The molecule has 1 N–H and O–H groups in total. The lowest BCUT2D eigenvalue weighted by atomic mass is 9.69. The zero-order valence-electron chi connectivity index (χ0n) is 15.8. The van der Waals surface area contributed by atoms with Gasteiger partial charge in [-0.25, -0.2) is 9.59 Å². The van der Waals surface area contributed by atoms with Crippen LogP contribution in [0, 0.1) is 16.7 Å². The second-order valence-electron chi connectivity index (χ2n) is 8.76. The SMILES string of the molecule is CN(C)C(=O)N1CCN(C(=O)NC2CC3CCC2(C)C3(C)C)CC1. The van der Waals surface area contributed by atoms with Crippen LogP contribution in [0.4, 0.5) is 9.59 Å².